The van der Waals surface area contributed by atoms with Crippen molar-refractivity contribution in [2.24, 2.45) is 5.92 Å². The fraction of sp³-hybridized carbons (Fsp3) is 1.00. The summed E-state index contributed by atoms with van der Waals surface area (Å²) in [6.45, 7) is 9.23. The fourth-order valence-electron chi connectivity index (χ4n) is 2.70. The van der Waals surface area contributed by atoms with E-state index in [0.29, 0.717) is 11.1 Å². The molecule has 1 unspecified atom stereocenters. The lowest BCUT2D eigenvalue weighted by Crippen LogP contribution is -2.58. The summed E-state index contributed by atoms with van der Waals surface area (Å²) in [5, 5.41) is 3.69. The highest BCUT2D eigenvalue weighted by atomic mass is 31.0. The molecule has 0 spiro atoms. The minimum absolute atomic E-state index is 0.322. The molecule has 72 valence electrons. The fourth-order valence-corrected chi connectivity index (χ4v) is 3.03. The van der Waals surface area contributed by atoms with E-state index in [2.05, 4.69) is 42.3 Å². The van der Waals surface area contributed by atoms with Crippen LogP contribution in [0.4, 0.5) is 0 Å². The Morgan fingerprint density at radius 1 is 1.17 bits per heavy atom. The van der Waals surface area contributed by atoms with Crippen molar-refractivity contribution in [3.63, 3.8) is 0 Å². The van der Waals surface area contributed by atoms with Crippen LogP contribution in [0, 0.1) is 5.92 Å². The van der Waals surface area contributed by atoms with Crippen molar-refractivity contribution in [3.8, 4) is 0 Å². The third-order valence-corrected chi connectivity index (χ3v) is 3.27. The first kappa shape index (κ1) is 10.5. The van der Waals surface area contributed by atoms with Crippen LogP contribution in [0.1, 0.15) is 40.5 Å². The van der Waals surface area contributed by atoms with Gasteiger partial charge in [-0.2, -0.15) is 0 Å². The molecule has 0 aromatic rings. The lowest BCUT2D eigenvalue weighted by atomic mass is 9.77. The maximum Gasteiger partial charge on any atom is 0.0132 e. The molecule has 1 fully saturated rings. The molecule has 1 nitrogen and oxygen atoms in total. The van der Waals surface area contributed by atoms with E-state index in [-0.39, 0.29) is 0 Å². The summed E-state index contributed by atoms with van der Waals surface area (Å²) >= 11 is 0. The predicted octanol–water partition coefficient (Wildman–Crippen LogP) is 2.42. The molecule has 0 saturated carbocycles. The van der Waals surface area contributed by atoms with Crippen molar-refractivity contribution in [2.75, 3.05) is 6.16 Å². The first-order chi connectivity index (χ1) is 5.35. The first-order valence-electron chi connectivity index (χ1n) is 4.84. The number of rotatable bonds is 1. The third kappa shape index (κ3) is 2.71. The van der Waals surface area contributed by atoms with Gasteiger partial charge in [-0.15, -0.1) is 9.24 Å². The SMILES string of the molecule is CC1(C)CC(CP)CC(C)(C)N1. The summed E-state index contributed by atoms with van der Waals surface area (Å²) in [6.07, 6.45) is 3.86. The molecule has 0 aromatic carbocycles. The van der Waals surface area contributed by atoms with Gasteiger partial charge in [-0.25, -0.2) is 0 Å². The molecule has 0 amide bonds. The summed E-state index contributed by atoms with van der Waals surface area (Å²) in [5.74, 6) is 0.876. The molecule has 12 heavy (non-hydrogen) atoms. The van der Waals surface area contributed by atoms with Crippen LogP contribution >= 0.6 is 9.24 Å². The van der Waals surface area contributed by atoms with E-state index in [1.165, 1.54) is 19.0 Å². The van der Waals surface area contributed by atoms with Gasteiger partial charge < -0.3 is 5.32 Å². The van der Waals surface area contributed by atoms with Crippen molar-refractivity contribution in [2.45, 2.75) is 51.6 Å². The van der Waals surface area contributed by atoms with Gasteiger partial charge in [0.25, 0.3) is 0 Å². The van der Waals surface area contributed by atoms with Crippen molar-refractivity contribution < 1.29 is 0 Å². The molecule has 0 aromatic heterocycles. The number of hydrogen-bond donors (Lipinski definition) is 1. The van der Waals surface area contributed by atoms with Gasteiger partial charge in [-0.3, -0.25) is 0 Å². The Hall–Kier alpha value is 0.390. The molecule has 2 heteroatoms. The van der Waals surface area contributed by atoms with Crippen LogP contribution in [0.15, 0.2) is 0 Å². The van der Waals surface area contributed by atoms with E-state index >= 15 is 0 Å². The zero-order valence-corrected chi connectivity index (χ0v) is 9.93. The minimum Gasteiger partial charge on any atom is -0.307 e. The summed E-state index contributed by atoms with van der Waals surface area (Å²) in [6, 6.07) is 0. The molecule has 1 saturated heterocycles. The molecule has 1 atom stereocenters. The molecule has 0 aliphatic carbocycles. The van der Waals surface area contributed by atoms with Gasteiger partial charge in [-0.1, -0.05) is 0 Å². The topological polar surface area (TPSA) is 12.0 Å². The van der Waals surface area contributed by atoms with Gasteiger partial charge in [-0.05, 0) is 52.6 Å². The van der Waals surface area contributed by atoms with Gasteiger partial charge in [0.1, 0.15) is 0 Å². The van der Waals surface area contributed by atoms with Gasteiger partial charge in [0.15, 0.2) is 0 Å². The van der Waals surface area contributed by atoms with Crippen LogP contribution < -0.4 is 5.32 Å². The Morgan fingerprint density at radius 3 is 1.92 bits per heavy atom. The predicted molar refractivity (Wildman–Crippen MR) is 58.6 cm³/mol. The van der Waals surface area contributed by atoms with Crippen molar-refractivity contribution in [3.05, 3.63) is 0 Å². The largest absolute Gasteiger partial charge is 0.307 e. The normalized spacial score (nSPS) is 28.8. The highest BCUT2D eigenvalue weighted by Crippen LogP contribution is 2.33. The smallest absolute Gasteiger partial charge is 0.0132 e. The van der Waals surface area contributed by atoms with E-state index in [4.69, 9.17) is 0 Å². The van der Waals surface area contributed by atoms with Crippen molar-refractivity contribution in [1.82, 2.24) is 5.32 Å². The molecule has 1 heterocycles. The maximum atomic E-state index is 3.69. The minimum atomic E-state index is 0.322. The van der Waals surface area contributed by atoms with E-state index < -0.39 is 0 Å². The molecule has 1 N–H and O–H groups in total. The van der Waals surface area contributed by atoms with E-state index in [1.807, 2.05) is 0 Å². The number of hydrogen-bond acceptors (Lipinski definition) is 1. The molecule has 1 rings (SSSR count). The highest BCUT2D eigenvalue weighted by Gasteiger charge is 2.36. The van der Waals surface area contributed by atoms with Gasteiger partial charge >= 0.3 is 0 Å². The highest BCUT2D eigenvalue weighted by molar-refractivity contribution is 7.16. The Balaban J connectivity index is 2.66. The zero-order valence-electron chi connectivity index (χ0n) is 8.78. The van der Waals surface area contributed by atoms with Gasteiger partial charge in [0.05, 0.1) is 0 Å². The lowest BCUT2D eigenvalue weighted by molar-refractivity contribution is 0.140. The van der Waals surface area contributed by atoms with Crippen LogP contribution in [0.3, 0.4) is 0 Å². The van der Waals surface area contributed by atoms with Crippen LogP contribution in [-0.2, 0) is 0 Å². The molecular formula is C10H22NP. The number of piperidine rings is 1. The standard InChI is InChI=1S/C10H22NP/c1-9(2)5-8(7-12)6-10(3,4)11-9/h8,11H,5-7,12H2,1-4H3. The van der Waals surface area contributed by atoms with Crippen LogP contribution in [0.5, 0.6) is 0 Å². The first-order valence-corrected chi connectivity index (χ1v) is 5.66. The second-order valence-electron chi connectivity index (χ2n) is 5.40. The third-order valence-electron chi connectivity index (χ3n) is 2.61. The molecule has 1 aliphatic heterocycles. The second kappa shape index (κ2) is 3.27. The Kier molecular flexibility index (Phi) is 2.85. The monoisotopic (exact) mass is 187 g/mol. The molecule has 1 aliphatic rings. The molecule has 0 radical (unpaired) electrons. The van der Waals surface area contributed by atoms with Gasteiger partial charge in [0.2, 0.25) is 0 Å². The second-order valence-corrected chi connectivity index (χ2v) is 5.87. The average molecular weight is 187 g/mol. The molecular weight excluding hydrogens is 165 g/mol. The van der Waals surface area contributed by atoms with Crippen LogP contribution in [0.25, 0.3) is 0 Å². The van der Waals surface area contributed by atoms with Crippen LogP contribution in [-0.4, -0.2) is 17.2 Å². The van der Waals surface area contributed by atoms with E-state index in [9.17, 15) is 0 Å². The van der Waals surface area contributed by atoms with E-state index in [1.54, 1.807) is 0 Å². The van der Waals surface area contributed by atoms with Crippen LogP contribution in [0.2, 0.25) is 0 Å². The Bertz CT molecular complexity index is 147. The molecule has 0 bridgehead atoms. The Morgan fingerprint density at radius 2 is 1.58 bits per heavy atom. The summed E-state index contributed by atoms with van der Waals surface area (Å²) < 4.78 is 0. The van der Waals surface area contributed by atoms with Crippen molar-refractivity contribution in [1.29, 1.82) is 0 Å². The van der Waals surface area contributed by atoms with Crippen molar-refractivity contribution >= 4 is 9.24 Å². The summed E-state index contributed by atoms with van der Waals surface area (Å²) in [4.78, 5) is 0. The van der Waals surface area contributed by atoms with Gasteiger partial charge in [0, 0.05) is 11.1 Å². The van der Waals surface area contributed by atoms with E-state index in [0.717, 1.165) is 5.92 Å². The maximum absolute atomic E-state index is 3.69. The number of nitrogens with one attached hydrogen (secondary N) is 1. The zero-order chi connectivity index (χ0) is 9.41. The average Bonchev–Trinajstić information content (AvgIpc) is 1.80. The summed E-state index contributed by atoms with van der Waals surface area (Å²) in [5.41, 5.74) is 0.645. The quantitative estimate of drug-likeness (QED) is 0.622. The Labute approximate surface area is 78.9 Å². The summed E-state index contributed by atoms with van der Waals surface area (Å²) in [7, 11) is 2.88. The lowest BCUT2D eigenvalue weighted by Gasteiger charge is -2.46.